The number of rotatable bonds is 7. The SMILES string of the molecule is Cc1on(C)c(=O)c1-c1ccc(-c2cc3ccnc(C(=O)O)c3n2CCOC2CN(C(=O)OC(C)(C)C)C2)cc1. The van der Waals surface area contributed by atoms with Gasteiger partial charge >= 0.3 is 12.1 Å². The molecule has 5 rings (SSSR count). The first-order chi connectivity index (χ1) is 18.9. The van der Waals surface area contributed by atoms with Crippen LogP contribution in [0.4, 0.5) is 4.79 Å². The molecule has 1 aromatic carbocycles. The maximum Gasteiger partial charge on any atom is 0.410 e. The number of pyridine rings is 1. The molecule has 3 aromatic heterocycles. The van der Waals surface area contributed by atoms with E-state index in [1.54, 1.807) is 24.9 Å². The summed E-state index contributed by atoms with van der Waals surface area (Å²) in [5.41, 5.74) is 2.55. The van der Waals surface area contributed by atoms with Gasteiger partial charge in [0.25, 0.3) is 5.56 Å². The Bertz CT molecular complexity index is 1630. The molecule has 0 unspecified atom stereocenters. The number of aryl methyl sites for hydroxylation is 2. The molecule has 0 spiro atoms. The van der Waals surface area contributed by atoms with Gasteiger partial charge in [-0.1, -0.05) is 24.3 Å². The molecule has 0 bridgehead atoms. The first kappa shape index (κ1) is 27.2. The molecule has 1 fully saturated rings. The number of carbonyl (C=O) groups excluding carboxylic acids is 1. The lowest BCUT2D eigenvalue weighted by Gasteiger charge is -2.39. The molecule has 4 heterocycles. The van der Waals surface area contributed by atoms with Gasteiger partial charge in [0, 0.05) is 30.9 Å². The van der Waals surface area contributed by atoms with Crippen molar-refractivity contribution in [2.45, 2.75) is 45.9 Å². The minimum absolute atomic E-state index is 0.0439. The summed E-state index contributed by atoms with van der Waals surface area (Å²) >= 11 is 0. The second kappa shape index (κ2) is 10.3. The first-order valence-electron chi connectivity index (χ1n) is 13.0. The second-order valence-corrected chi connectivity index (χ2v) is 10.9. The number of ether oxygens (including phenoxy) is 2. The number of carboxylic acid groups (broad SMARTS) is 1. The van der Waals surface area contributed by atoms with Crippen molar-refractivity contribution in [3.63, 3.8) is 0 Å². The molecule has 210 valence electrons. The first-order valence-corrected chi connectivity index (χ1v) is 13.0. The van der Waals surface area contributed by atoms with Crippen molar-refractivity contribution in [3.8, 4) is 22.4 Å². The summed E-state index contributed by atoms with van der Waals surface area (Å²) in [7, 11) is 1.57. The second-order valence-electron chi connectivity index (χ2n) is 10.9. The Kier molecular flexibility index (Phi) is 7.01. The number of aromatic nitrogens is 3. The highest BCUT2D eigenvalue weighted by molar-refractivity contribution is 6.02. The van der Waals surface area contributed by atoms with E-state index in [-0.39, 0.29) is 23.5 Å². The van der Waals surface area contributed by atoms with E-state index < -0.39 is 11.6 Å². The molecule has 0 aliphatic carbocycles. The lowest BCUT2D eigenvalue weighted by Crippen LogP contribution is -2.56. The number of likely N-dealkylation sites (tertiary alicyclic amines) is 1. The van der Waals surface area contributed by atoms with Crippen LogP contribution in [0.3, 0.4) is 0 Å². The third-order valence-corrected chi connectivity index (χ3v) is 6.77. The summed E-state index contributed by atoms with van der Waals surface area (Å²) in [6.07, 6.45) is 0.987. The number of carboxylic acids is 1. The van der Waals surface area contributed by atoms with Crippen LogP contribution in [0, 0.1) is 6.92 Å². The largest absolute Gasteiger partial charge is 0.476 e. The number of hydrogen-bond acceptors (Lipinski definition) is 7. The lowest BCUT2D eigenvalue weighted by atomic mass is 10.0. The number of benzene rings is 1. The van der Waals surface area contributed by atoms with Crippen LogP contribution in [0.1, 0.15) is 37.0 Å². The van der Waals surface area contributed by atoms with Crippen LogP contribution >= 0.6 is 0 Å². The molecule has 40 heavy (non-hydrogen) atoms. The summed E-state index contributed by atoms with van der Waals surface area (Å²) in [6, 6.07) is 11.2. The average Bonchev–Trinajstić information content (AvgIpc) is 3.35. The van der Waals surface area contributed by atoms with Gasteiger partial charge in [-0.3, -0.25) is 4.79 Å². The molecule has 1 amide bonds. The van der Waals surface area contributed by atoms with Crippen LogP contribution in [-0.4, -0.2) is 67.8 Å². The fourth-order valence-corrected chi connectivity index (χ4v) is 4.91. The van der Waals surface area contributed by atoms with Crippen LogP contribution in [0.15, 0.2) is 51.9 Å². The Labute approximate surface area is 230 Å². The van der Waals surface area contributed by atoms with Gasteiger partial charge in [-0.25, -0.2) is 14.6 Å². The zero-order chi connectivity index (χ0) is 28.8. The average molecular weight is 549 g/mol. The highest BCUT2D eigenvalue weighted by atomic mass is 16.6. The Hall–Kier alpha value is -4.38. The van der Waals surface area contributed by atoms with Crippen molar-refractivity contribution in [2.24, 2.45) is 7.05 Å². The summed E-state index contributed by atoms with van der Waals surface area (Å²) in [5, 5.41) is 10.6. The number of carbonyl (C=O) groups is 2. The number of amides is 1. The third kappa shape index (κ3) is 5.24. The molecule has 1 aliphatic heterocycles. The highest BCUT2D eigenvalue weighted by Crippen LogP contribution is 2.32. The Morgan fingerprint density at radius 3 is 2.40 bits per heavy atom. The normalized spacial score (nSPS) is 14.0. The Morgan fingerprint density at radius 2 is 1.80 bits per heavy atom. The number of fused-ring (bicyclic) bond motifs is 1. The topological polar surface area (TPSA) is 129 Å². The quantitative estimate of drug-likeness (QED) is 0.362. The van der Waals surface area contributed by atoms with E-state index in [4.69, 9.17) is 14.0 Å². The summed E-state index contributed by atoms with van der Waals surface area (Å²) in [6.45, 7) is 8.77. The van der Waals surface area contributed by atoms with E-state index in [9.17, 15) is 19.5 Å². The van der Waals surface area contributed by atoms with E-state index in [0.29, 0.717) is 43.1 Å². The van der Waals surface area contributed by atoms with Crippen molar-refractivity contribution in [1.29, 1.82) is 0 Å². The molecule has 1 saturated heterocycles. The molecule has 0 atom stereocenters. The molecule has 1 aliphatic rings. The zero-order valence-corrected chi connectivity index (χ0v) is 23.1. The van der Waals surface area contributed by atoms with Crippen molar-refractivity contribution in [1.82, 2.24) is 19.2 Å². The van der Waals surface area contributed by atoms with Crippen molar-refractivity contribution in [3.05, 3.63) is 64.4 Å². The lowest BCUT2D eigenvalue weighted by molar-refractivity contribution is -0.0644. The van der Waals surface area contributed by atoms with Gasteiger partial charge in [0.2, 0.25) is 0 Å². The molecule has 11 heteroatoms. The minimum atomic E-state index is -1.12. The van der Waals surface area contributed by atoms with Crippen LogP contribution < -0.4 is 5.56 Å². The molecule has 11 nitrogen and oxygen atoms in total. The van der Waals surface area contributed by atoms with Crippen molar-refractivity contribution < 1.29 is 28.7 Å². The summed E-state index contributed by atoms with van der Waals surface area (Å²) in [4.78, 5) is 42.4. The predicted molar refractivity (Wildman–Crippen MR) is 147 cm³/mol. The van der Waals surface area contributed by atoms with Crippen molar-refractivity contribution in [2.75, 3.05) is 19.7 Å². The monoisotopic (exact) mass is 548 g/mol. The van der Waals surface area contributed by atoms with Gasteiger partial charge in [-0.05, 0) is 51.0 Å². The van der Waals surface area contributed by atoms with E-state index in [1.807, 2.05) is 55.7 Å². The maximum atomic E-state index is 12.5. The Morgan fingerprint density at radius 1 is 1.12 bits per heavy atom. The molecular weight excluding hydrogens is 516 g/mol. The van der Waals surface area contributed by atoms with Crippen molar-refractivity contribution >= 4 is 23.0 Å². The number of nitrogens with zero attached hydrogens (tertiary/aromatic N) is 4. The van der Waals surface area contributed by atoms with Crippen LogP contribution in [-0.2, 0) is 23.1 Å². The summed E-state index contributed by atoms with van der Waals surface area (Å²) < 4.78 is 19.9. The molecule has 1 N–H and O–H groups in total. The molecule has 4 aromatic rings. The zero-order valence-electron chi connectivity index (χ0n) is 23.1. The maximum absolute atomic E-state index is 12.5. The van der Waals surface area contributed by atoms with Gasteiger partial charge < -0.3 is 28.6 Å². The van der Waals surface area contributed by atoms with Gasteiger partial charge in [0.15, 0.2) is 5.69 Å². The van der Waals surface area contributed by atoms with Gasteiger partial charge in [-0.2, -0.15) is 4.74 Å². The standard InChI is InChI=1S/C29H32N4O7/c1-17-23(26(34)31(5)40-17)19-8-6-18(7-9-19)22-14-20-10-11-30-24(27(35)36)25(20)33(22)12-13-38-21-15-32(16-21)28(37)39-29(2,3)4/h6-11,14,21H,12-13,15-16H2,1-5H3,(H,35,36). The van der Waals surface area contributed by atoms with E-state index in [1.165, 1.54) is 10.9 Å². The Balaban J connectivity index is 1.38. The van der Waals surface area contributed by atoms with Gasteiger partial charge in [0.05, 0.1) is 36.9 Å². The summed E-state index contributed by atoms with van der Waals surface area (Å²) in [5.74, 6) is -0.587. The van der Waals surface area contributed by atoms with Crippen LogP contribution in [0.2, 0.25) is 0 Å². The molecule has 0 saturated carbocycles. The fourth-order valence-electron chi connectivity index (χ4n) is 4.91. The predicted octanol–water partition coefficient (Wildman–Crippen LogP) is 4.30. The molecular formula is C29H32N4O7. The van der Waals surface area contributed by atoms with Crippen LogP contribution in [0.25, 0.3) is 33.3 Å². The smallest absolute Gasteiger partial charge is 0.410 e. The minimum Gasteiger partial charge on any atom is -0.476 e. The molecule has 0 radical (unpaired) electrons. The number of hydrogen-bond donors (Lipinski definition) is 1. The van der Waals surface area contributed by atoms with Gasteiger partial charge in [-0.15, -0.1) is 0 Å². The third-order valence-electron chi connectivity index (χ3n) is 6.77. The number of aromatic carboxylic acids is 1. The van der Waals surface area contributed by atoms with Gasteiger partial charge in [0.1, 0.15) is 11.4 Å². The fraction of sp³-hybridized carbons (Fsp3) is 0.379. The van der Waals surface area contributed by atoms with E-state index in [0.717, 1.165) is 22.2 Å². The van der Waals surface area contributed by atoms with E-state index >= 15 is 0 Å². The van der Waals surface area contributed by atoms with Crippen LogP contribution in [0.5, 0.6) is 0 Å². The highest BCUT2D eigenvalue weighted by Gasteiger charge is 2.34. The van der Waals surface area contributed by atoms with E-state index in [2.05, 4.69) is 4.98 Å².